The number of amides is 1. The predicted molar refractivity (Wildman–Crippen MR) is 112 cm³/mol. The monoisotopic (exact) mass is 459 g/mol. The van der Waals surface area contributed by atoms with Crippen LogP contribution in [0.1, 0.15) is 23.2 Å². The van der Waals surface area contributed by atoms with Gasteiger partial charge in [-0.3, -0.25) is 9.52 Å². The highest BCUT2D eigenvalue weighted by Crippen LogP contribution is 2.40. The maximum atomic E-state index is 12.4. The Kier molecular flexibility index (Phi) is 5.07. The zero-order valence-corrected chi connectivity index (χ0v) is 17.2. The third-order valence-electron chi connectivity index (χ3n) is 4.97. The molecule has 2 atom stereocenters. The van der Waals surface area contributed by atoms with Gasteiger partial charge in [-0.15, -0.1) is 0 Å². The van der Waals surface area contributed by atoms with Crippen molar-refractivity contribution in [2.24, 2.45) is 16.9 Å². The first-order valence-corrected chi connectivity index (χ1v) is 11.1. The molecule has 0 spiro atoms. The zero-order chi connectivity index (χ0) is 19.7. The molecule has 28 heavy (non-hydrogen) atoms. The van der Waals surface area contributed by atoms with Crippen molar-refractivity contribution in [3.05, 3.63) is 70.7 Å². The molecule has 2 aliphatic carbocycles. The Bertz CT molecular complexity index is 1060. The fourth-order valence-electron chi connectivity index (χ4n) is 3.37. The van der Waals surface area contributed by atoms with Crippen molar-refractivity contribution < 1.29 is 13.2 Å². The summed E-state index contributed by atoms with van der Waals surface area (Å²) in [5.41, 5.74) is 4.38. The van der Waals surface area contributed by atoms with E-state index >= 15 is 0 Å². The van der Waals surface area contributed by atoms with Gasteiger partial charge in [-0.1, -0.05) is 28.1 Å². The standard InChI is InChI=1S/C20H18BrN3O3S/c21-15-6-10-17(11-7-15)28(26,27)24-16-8-4-13(5-9-16)20(25)23-22-19-12-14-2-1-3-18(14)19/h1,3-11,14,18,24H,2,12H2,(H,23,25)/b22-19+. The van der Waals surface area contributed by atoms with Crippen molar-refractivity contribution in [3.8, 4) is 0 Å². The van der Waals surface area contributed by atoms with E-state index in [4.69, 9.17) is 0 Å². The SMILES string of the molecule is O=C(N/N=C1\CC2CC=CC12)c1ccc(NS(=O)(=O)c2ccc(Br)cc2)cc1. The summed E-state index contributed by atoms with van der Waals surface area (Å²) < 4.78 is 28.1. The van der Waals surface area contributed by atoms with Gasteiger partial charge in [-0.25, -0.2) is 13.8 Å². The van der Waals surface area contributed by atoms with E-state index in [1.165, 1.54) is 12.1 Å². The second-order valence-corrected chi connectivity index (χ2v) is 9.43. The summed E-state index contributed by atoms with van der Waals surface area (Å²) in [5, 5.41) is 4.23. The van der Waals surface area contributed by atoms with E-state index in [1.54, 1.807) is 36.4 Å². The lowest BCUT2D eigenvalue weighted by molar-refractivity contribution is 0.0954. The molecule has 144 valence electrons. The number of hydrogen-bond acceptors (Lipinski definition) is 4. The van der Waals surface area contributed by atoms with Crippen LogP contribution in [0.15, 0.2) is 75.2 Å². The average molecular weight is 460 g/mol. The molecule has 2 aromatic carbocycles. The van der Waals surface area contributed by atoms with Gasteiger partial charge in [0.1, 0.15) is 0 Å². The van der Waals surface area contributed by atoms with Crippen LogP contribution in [0.25, 0.3) is 0 Å². The Morgan fingerprint density at radius 2 is 1.79 bits per heavy atom. The van der Waals surface area contributed by atoms with Gasteiger partial charge in [-0.05, 0) is 67.3 Å². The first-order valence-electron chi connectivity index (χ1n) is 8.84. The Morgan fingerprint density at radius 1 is 1.07 bits per heavy atom. The molecular formula is C20H18BrN3O3S. The lowest BCUT2D eigenvalue weighted by Crippen LogP contribution is -2.35. The van der Waals surface area contributed by atoms with Crippen molar-refractivity contribution >= 4 is 43.3 Å². The summed E-state index contributed by atoms with van der Waals surface area (Å²) in [6, 6.07) is 12.6. The minimum Gasteiger partial charge on any atom is -0.280 e. The molecule has 0 saturated heterocycles. The number of benzene rings is 2. The van der Waals surface area contributed by atoms with Gasteiger partial charge in [0.15, 0.2) is 0 Å². The van der Waals surface area contributed by atoms with Gasteiger partial charge in [0.05, 0.1) is 4.90 Å². The number of allylic oxidation sites excluding steroid dienone is 2. The largest absolute Gasteiger partial charge is 0.280 e. The number of halogens is 1. The van der Waals surface area contributed by atoms with Crippen LogP contribution >= 0.6 is 15.9 Å². The topological polar surface area (TPSA) is 87.6 Å². The third kappa shape index (κ3) is 3.88. The second kappa shape index (κ2) is 7.52. The van der Waals surface area contributed by atoms with E-state index in [1.807, 2.05) is 0 Å². The summed E-state index contributed by atoms with van der Waals surface area (Å²) in [6.07, 6.45) is 6.32. The van der Waals surface area contributed by atoms with Crippen LogP contribution in [0.5, 0.6) is 0 Å². The average Bonchev–Trinajstić information content (AvgIpc) is 3.03. The van der Waals surface area contributed by atoms with Gasteiger partial charge >= 0.3 is 0 Å². The van der Waals surface area contributed by atoms with Gasteiger partial charge in [0.2, 0.25) is 0 Å². The molecule has 2 aromatic rings. The minimum atomic E-state index is -3.69. The predicted octanol–water partition coefficient (Wildman–Crippen LogP) is 3.93. The fraction of sp³-hybridized carbons (Fsp3) is 0.200. The number of nitrogens with one attached hydrogen (secondary N) is 2. The minimum absolute atomic E-state index is 0.160. The molecule has 2 N–H and O–H groups in total. The van der Waals surface area contributed by atoms with E-state index in [9.17, 15) is 13.2 Å². The van der Waals surface area contributed by atoms with E-state index < -0.39 is 10.0 Å². The van der Waals surface area contributed by atoms with Gasteiger partial charge < -0.3 is 0 Å². The number of sulfonamides is 1. The molecule has 2 aliphatic rings. The number of carbonyl (C=O) groups excluding carboxylic acids is 1. The third-order valence-corrected chi connectivity index (χ3v) is 6.90. The maximum Gasteiger partial charge on any atom is 0.271 e. The number of carbonyl (C=O) groups is 1. The molecule has 1 fully saturated rings. The molecule has 1 amide bonds. The normalized spacial score (nSPS) is 21.8. The molecule has 1 saturated carbocycles. The summed E-state index contributed by atoms with van der Waals surface area (Å²) in [4.78, 5) is 12.4. The van der Waals surface area contributed by atoms with Crippen molar-refractivity contribution in [1.29, 1.82) is 0 Å². The van der Waals surface area contributed by atoms with Gasteiger partial charge in [0, 0.05) is 27.4 Å². The lowest BCUT2D eigenvalue weighted by atomic mass is 9.74. The number of nitrogens with zero attached hydrogens (tertiary/aromatic N) is 1. The Hall–Kier alpha value is -2.45. The van der Waals surface area contributed by atoms with Crippen molar-refractivity contribution in [2.75, 3.05) is 4.72 Å². The molecule has 6 nitrogen and oxygen atoms in total. The first kappa shape index (κ1) is 18.9. The van der Waals surface area contributed by atoms with Gasteiger partial charge in [0.25, 0.3) is 15.9 Å². The number of rotatable bonds is 5. The summed E-state index contributed by atoms with van der Waals surface area (Å²) in [5.74, 6) is 0.699. The van der Waals surface area contributed by atoms with E-state index in [0.717, 1.165) is 23.0 Å². The summed E-state index contributed by atoms with van der Waals surface area (Å²) >= 11 is 3.28. The lowest BCUT2D eigenvalue weighted by Gasteiger charge is -2.31. The molecule has 2 unspecified atom stereocenters. The zero-order valence-electron chi connectivity index (χ0n) is 14.8. The van der Waals surface area contributed by atoms with E-state index in [0.29, 0.717) is 23.1 Å². The van der Waals surface area contributed by atoms with E-state index in [-0.39, 0.29) is 10.8 Å². The van der Waals surface area contributed by atoms with Crippen LogP contribution in [0.3, 0.4) is 0 Å². The highest BCUT2D eigenvalue weighted by Gasteiger charge is 2.37. The Morgan fingerprint density at radius 3 is 2.46 bits per heavy atom. The van der Waals surface area contributed by atoms with Crippen LogP contribution in [0, 0.1) is 11.8 Å². The summed E-state index contributed by atoms with van der Waals surface area (Å²) in [7, 11) is -3.69. The first-order chi connectivity index (χ1) is 13.4. The van der Waals surface area contributed by atoms with Crippen LogP contribution in [-0.4, -0.2) is 20.0 Å². The Labute approximate surface area is 171 Å². The Balaban J connectivity index is 1.39. The second-order valence-electron chi connectivity index (χ2n) is 6.83. The molecule has 4 rings (SSSR count). The number of hydrazone groups is 1. The molecule has 0 aromatic heterocycles. The molecule has 0 bridgehead atoms. The fourth-order valence-corrected chi connectivity index (χ4v) is 4.69. The number of fused-ring (bicyclic) bond motifs is 1. The smallest absolute Gasteiger partial charge is 0.271 e. The number of anilines is 1. The number of hydrogen-bond donors (Lipinski definition) is 2. The molecule has 0 heterocycles. The van der Waals surface area contributed by atoms with Gasteiger partial charge in [-0.2, -0.15) is 5.10 Å². The van der Waals surface area contributed by atoms with Crippen LogP contribution in [0.4, 0.5) is 5.69 Å². The highest BCUT2D eigenvalue weighted by molar-refractivity contribution is 9.10. The quantitative estimate of drug-likeness (QED) is 0.524. The van der Waals surface area contributed by atoms with Crippen LogP contribution in [-0.2, 0) is 10.0 Å². The molecular weight excluding hydrogens is 442 g/mol. The van der Waals surface area contributed by atoms with Crippen LogP contribution in [0.2, 0.25) is 0 Å². The summed E-state index contributed by atoms with van der Waals surface area (Å²) in [6.45, 7) is 0. The molecule has 0 radical (unpaired) electrons. The van der Waals surface area contributed by atoms with Crippen LogP contribution < -0.4 is 10.1 Å². The highest BCUT2D eigenvalue weighted by atomic mass is 79.9. The molecule has 0 aliphatic heterocycles. The maximum absolute atomic E-state index is 12.4. The van der Waals surface area contributed by atoms with Crippen molar-refractivity contribution in [2.45, 2.75) is 17.7 Å². The van der Waals surface area contributed by atoms with E-state index in [2.05, 4.69) is 43.3 Å². The van der Waals surface area contributed by atoms with Crippen molar-refractivity contribution in [3.63, 3.8) is 0 Å². The molecule has 8 heteroatoms. The van der Waals surface area contributed by atoms with Crippen molar-refractivity contribution in [1.82, 2.24) is 5.43 Å².